The van der Waals surface area contributed by atoms with E-state index in [4.69, 9.17) is 9.84 Å². The number of rotatable bonds is 5. The Labute approximate surface area is 86.6 Å². The Balaban J connectivity index is 1.53. The van der Waals surface area contributed by atoms with Crippen LogP contribution in [0.25, 0.3) is 0 Å². The quantitative estimate of drug-likeness (QED) is 0.735. The Morgan fingerprint density at radius 3 is 2.14 bits per heavy atom. The summed E-state index contributed by atoms with van der Waals surface area (Å²) in [5.41, 5.74) is 0. The summed E-state index contributed by atoms with van der Waals surface area (Å²) in [6.07, 6.45) is 9.28. The molecule has 0 amide bonds. The lowest BCUT2D eigenvalue weighted by Crippen LogP contribution is -2.23. The third kappa shape index (κ3) is 3.25. The van der Waals surface area contributed by atoms with Crippen LogP contribution in [0, 0.1) is 11.8 Å². The largest absolute Gasteiger partial charge is 0.396 e. The van der Waals surface area contributed by atoms with E-state index in [1.165, 1.54) is 19.3 Å². The summed E-state index contributed by atoms with van der Waals surface area (Å²) in [4.78, 5) is 0. The van der Waals surface area contributed by atoms with Crippen LogP contribution in [0.2, 0.25) is 0 Å². The van der Waals surface area contributed by atoms with Gasteiger partial charge in [0.05, 0.1) is 6.10 Å². The van der Waals surface area contributed by atoms with Crippen molar-refractivity contribution < 1.29 is 9.84 Å². The second-order valence-corrected chi connectivity index (χ2v) is 4.93. The zero-order chi connectivity index (χ0) is 9.80. The smallest absolute Gasteiger partial charge is 0.0575 e. The fourth-order valence-electron chi connectivity index (χ4n) is 2.29. The summed E-state index contributed by atoms with van der Waals surface area (Å²) in [6, 6.07) is 0. The normalized spacial score (nSPS) is 33.2. The molecule has 2 aliphatic carbocycles. The van der Waals surface area contributed by atoms with Gasteiger partial charge in [-0.1, -0.05) is 12.8 Å². The number of ether oxygens (including phenoxy) is 1. The number of hydrogen-bond donors (Lipinski definition) is 1. The van der Waals surface area contributed by atoms with Gasteiger partial charge in [0.2, 0.25) is 0 Å². The van der Waals surface area contributed by atoms with Crippen LogP contribution in [0.5, 0.6) is 0 Å². The van der Waals surface area contributed by atoms with Crippen molar-refractivity contribution in [3.63, 3.8) is 0 Å². The van der Waals surface area contributed by atoms with Crippen molar-refractivity contribution in [2.75, 3.05) is 13.2 Å². The maximum atomic E-state index is 8.99. The van der Waals surface area contributed by atoms with Crippen molar-refractivity contribution in [1.82, 2.24) is 0 Å². The minimum Gasteiger partial charge on any atom is -0.396 e. The standard InChI is InChI=1S/C12H22O2/c13-9-11-3-5-12(6-4-11)14-8-7-10-1-2-10/h10-13H,1-9H2. The molecule has 1 N–H and O–H groups in total. The predicted molar refractivity (Wildman–Crippen MR) is 56.1 cm³/mol. The number of aliphatic hydroxyl groups is 1. The van der Waals surface area contributed by atoms with Gasteiger partial charge in [-0.2, -0.15) is 0 Å². The molecular formula is C12H22O2. The van der Waals surface area contributed by atoms with Gasteiger partial charge in [-0.15, -0.1) is 0 Å². The molecule has 2 aliphatic rings. The van der Waals surface area contributed by atoms with E-state index in [0.717, 1.165) is 38.2 Å². The maximum Gasteiger partial charge on any atom is 0.0575 e. The molecule has 0 aliphatic heterocycles. The summed E-state index contributed by atoms with van der Waals surface area (Å²) in [5, 5.41) is 8.99. The van der Waals surface area contributed by atoms with Gasteiger partial charge >= 0.3 is 0 Å². The molecule has 82 valence electrons. The Morgan fingerprint density at radius 1 is 0.929 bits per heavy atom. The number of hydrogen-bond acceptors (Lipinski definition) is 2. The van der Waals surface area contributed by atoms with E-state index in [0.29, 0.717) is 18.6 Å². The summed E-state index contributed by atoms with van der Waals surface area (Å²) in [7, 11) is 0. The first kappa shape index (κ1) is 10.4. The van der Waals surface area contributed by atoms with E-state index in [1.54, 1.807) is 0 Å². The van der Waals surface area contributed by atoms with Crippen LogP contribution >= 0.6 is 0 Å². The minimum atomic E-state index is 0.370. The van der Waals surface area contributed by atoms with E-state index in [2.05, 4.69) is 0 Å². The highest BCUT2D eigenvalue weighted by atomic mass is 16.5. The van der Waals surface area contributed by atoms with E-state index in [-0.39, 0.29) is 0 Å². The van der Waals surface area contributed by atoms with Crippen LogP contribution in [0.1, 0.15) is 44.9 Å². The molecule has 0 heterocycles. The van der Waals surface area contributed by atoms with Gasteiger partial charge in [0.15, 0.2) is 0 Å². The van der Waals surface area contributed by atoms with Gasteiger partial charge in [0, 0.05) is 13.2 Å². The molecule has 0 spiro atoms. The van der Waals surface area contributed by atoms with E-state index in [1.807, 2.05) is 0 Å². The molecule has 2 rings (SSSR count). The molecule has 0 unspecified atom stereocenters. The summed E-state index contributed by atoms with van der Waals surface area (Å²) < 4.78 is 5.84. The monoisotopic (exact) mass is 198 g/mol. The van der Waals surface area contributed by atoms with Gasteiger partial charge in [0.25, 0.3) is 0 Å². The molecule has 0 atom stereocenters. The molecule has 2 saturated carbocycles. The lowest BCUT2D eigenvalue weighted by Gasteiger charge is -2.27. The first-order chi connectivity index (χ1) is 6.88. The van der Waals surface area contributed by atoms with Crippen molar-refractivity contribution in [3.05, 3.63) is 0 Å². The van der Waals surface area contributed by atoms with Gasteiger partial charge < -0.3 is 9.84 Å². The average molecular weight is 198 g/mol. The predicted octanol–water partition coefficient (Wildman–Crippen LogP) is 2.35. The van der Waals surface area contributed by atoms with Crippen molar-refractivity contribution in [2.24, 2.45) is 11.8 Å². The van der Waals surface area contributed by atoms with Crippen LogP contribution in [0.15, 0.2) is 0 Å². The van der Waals surface area contributed by atoms with Crippen LogP contribution in [-0.2, 0) is 4.74 Å². The SMILES string of the molecule is OCC1CCC(OCCC2CC2)CC1. The Morgan fingerprint density at radius 2 is 1.57 bits per heavy atom. The molecule has 2 fully saturated rings. The van der Waals surface area contributed by atoms with Crippen molar-refractivity contribution in [2.45, 2.75) is 51.0 Å². The highest BCUT2D eigenvalue weighted by Gasteiger charge is 2.23. The Bertz CT molecular complexity index is 158. The highest BCUT2D eigenvalue weighted by molar-refractivity contribution is 4.74. The summed E-state index contributed by atoms with van der Waals surface area (Å²) in [6.45, 7) is 1.34. The van der Waals surface area contributed by atoms with Gasteiger partial charge in [0.1, 0.15) is 0 Å². The van der Waals surface area contributed by atoms with E-state index < -0.39 is 0 Å². The molecule has 0 aromatic rings. The Kier molecular flexibility index (Phi) is 3.82. The van der Waals surface area contributed by atoms with Crippen LogP contribution in [0.3, 0.4) is 0 Å². The molecule has 0 bridgehead atoms. The third-order valence-electron chi connectivity index (χ3n) is 3.63. The fraction of sp³-hybridized carbons (Fsp3) is 1.00. The second kappa shape index (κ2) is 5.13. The van der Waals surface area contributed by atoms with Crippen molar-refractivity contribution in [1.29, 1.82) is 0 Å². The lowest BCUT2D eigenvalue weighted by molar-refractivity contribution is 0.00877. The van der Waals surface area contributed by atoms with E-state index in [9.17, 15) is 0 Å². The summed E-state index contributed by atoms with van der Waals surface area (Å²) in [5.74, 6) is 1.54. The first-order valence-corrected chi connectivity index (χ1v) is 6.11. The molecule has 14 heavy (non-hydrogen) atoms. The highest BCUT2D eigenvalue weighted by Crippen LogP contribution is 2.33. The minimum absolute atomic E-state index is 0.370. The van der Waals surface area contributed by atoms with Crippen molar-refractivity contribution >= 4 is 0 Å². The van der Waals surface area contributed by atoms with Crippen molar-refractivity contribution in [3.8, 4) is 0 Å². The Hall–Kier alpha value is -0.0800. The first-order valence-electron chi connectivity index (χ1n) is 6.11. The van der Waals surface area contributed by atoms with Crippen LogP contribution < -0.4 is 0 Å². The topological polar surface area (TPSA) is 29.5 Å². The zero-order valence-corrected chi connectivity index (χ0v) is 8.95. The molecule has 0 aromatic carbocycles. The average Bonchev–Trinajstić information content (AvgIpc) is 3.03. The van der Waals surface area contributed by atoms with Crippen LogP contribution in [-0.4, -0.2) is 24.4 Å². The lowest BCUT2D eigenvalue weighted by atomic mass is 9.88. The maximum absolute atomic E-state index is 8.99. The third-order valence-corrected chi connectivity index (χ3v) is 3.63. The second-order valence-electron chi connectivity index (χ2n) is 4.93. The molecule has 0 saturated heterocycles. The fourth-order valence-corrected chi connectivity index (χ4v) is 2.29. The molecule has 0 aromatic heterocycles. The zero-order valence-electron chi connectivity index (χ0n) is 8.95. The molecular weight excluding hydrogens is 176 g/mol. The van der Waals surface area contributed by atoms with Gasteiger partial charge in [-0.25, -0.2) is 0 Å². The molecule has 2 heteroatoms. The summed E-state index contributed by atoms with van der Waals surface area (Å²) >= 11 is 0. The van der Waals surface area contributed by atoms with Gasteiger partial charge in [-0.05, 0) is 43.9 Å². The molecule has 2 nitrogen and oxygen atoms in total. The number of aliphatic hydroxyl groups excluding tert-OH is 1. The van der Waals surface area contributed by atoms with Gasteiger partial charge in [-0.3, -0.25) is 0 Å². The molecule has 0 radical (unpaired) electrons. The van der Waals surface area contributed by atoms with E-state index >= 15 is 0 Å². The van der Waals surface area contributed by atoms with Crippen LogP contribution in [0.4, 0.5) is 0 Å².